The number of rotatable bonds is 4. The third-order valence-corrected chi connectivity index (χ3v) is 3.68. The normalized spacial score (nSPS) is 14.6. The molecule has 1 N–H and O–H groups in total. The topological polar surface area (TPSA) is 41.6 Å². The number of hydrogen-bond donors (Lipinski definition) is 1. The van der Waals surface area contributed by atoms with E-state index in [1.54, 1.807) is 18.2 Å². The monoisotopic (exact) mass is 338 g/mol. The average molecular weight is 340 g/mol. The molecule has 1 amide bonds. The molecular weight excluding hydrogens is 323 g/mol. The zero-order valence-electron chi connectivity index (χ0n) is 10.9. The number of amides is 1. The number of ether oxygens (including phenoxy) is 1. The number of carbonyl (C=O) groups excluding carboxylic acids is 1. The minimum atomic E-state index is 0. The molecule has 1 heterocycles. The van der Waals surface area contributed by atoms with Gasteiger partial charge in [0.25, 0.3) is 0 Å². The van der Waals surface area contributed by atoms with Gasteiger partial charge >= 0.3 is 0 Å². The fraction of sp³-hybridized carbons (Fsp3) is 0.462. The van der Waals surface area contributed by atoms with Crippen molar-refractivity contribution < 1.29 is 9.53 Å². The average Bonchev–Trinajstić information content (AvgIpc) is 2.43. The Balaban J connectivity index is 0.00000200. The first-order valence-corrected chi connectivity index (χ1v) is 6.99. The molecule has 0 radical (unpaired) electrons. The Labute approximate surface area is 134 Å². The van der Waals surface area contributed by atoms with Crippen molar-refractivity contribution in [2.45, 2.75) is 6.42 Å². The van der Waals surface area contributed by atoms with Crippen LogP contribution in [0.4, 0.5) is 0 Å². The number of nitrogens with zero attached hydrogens (tertiary/aromatic N) is 1. The molecular formula is C13H17Cl3N2O2. The second-order valence-electron chi connectivity index (χ2n) is 4.31. The van der Waals surface area contributed by atoms with Gasteiger partial charge in [-0.25, -0.2) is 0 Å². The van der Waals surface area contributed by atoms with Crippen LogP contribution in [0.15, 0.2) is 18.2 Å². The lowest BCUT2D eigenvalue weighted by Gasteiger charge is -2.27. The maximum absolute atomic E-state index is 11.9. The second kappa shape index (κ2) is 8.57. The summed E-state index contributed by atoms with van der Waals surface area (Å²) in [7, 11) is 0. The lowest BCUT2D eigenvalue weighted by atomic mass is 10.3. The summed E-state index contributed by atoms with van der Waals surface area (Å²) in [6.07, 6.45) is 0.375. The van der Waals surface area contributed by atoms with Crippen molar-refractivity contribution in [3.63, 3.8) is 0 Å². The predicted octanol–water partition coefficient (Wildman–Crippen LogP) is 2.62. The SMILES string of the molecule is Cl.O=C(CCOc1ccc(Cl)c(Cl)c1)N1CCNCC1. The summed E-state index contributed by atoms with van der Waals surface area (Å²) >= 11 is 11.7. The van der Waals surface area contributed by atoms with E-state index >= 15 is 0 Å². The molecule has 0 aliphatic carbocycles. The highest BCUT2D eigenvalue weighted by molar-refractivity contribution is 6.42. The molecule has 0 unspecified atom stereocenters. The van der Waals surface area contributed by atoms with E-state index in [1.165, 1.54) is 0 Å². The summed E-state index contributed by atoms with van der Waals surface area (Å²) in [6.45, 7) is 3.61. The zero-order valence-corrected chi connectivity index (χ0v) is 13.2. The largest absolute Gasteiger partial charge is 0.493 e. The van der Waals surface area contributed by atoms with Crippen molar-refractivity contribution in [3.8, 4) is 5.75 Å². The summed E-state index contributed by atoms with van der Waals surface area (Å²) < 4.78 is 5.50. The minimum absolute atomic E-state index is 0. The molecule has 0 saturated carbocycles. The summed E-state index contributed by atoms with van der Waals surface area (Å²) in [5, 5.41) is 4.15. The van der Waals surface area contributed by atoms with Crippen molar-refractivity contribution >= 4 is 41.5 Å². The fourth-order valence-corrected chi connectivity index (χ4v) is 2.18. The van der Waals surface area contributed by atoms with Crippen LogP contribution in [0.5, 0.6) is 5.75 Å². The van der Waals surface area contributed by atoms with Gasteiger partial charge in [-0.1, -0.05) is 23.2 Å². The zero-order chi connectivity index (χ0) is 13.7. The molecule has 7 heteroatoms. The highest BCUT2D eigenvalue weighted by Gasteiger charge is 2.15. The third kappa shape index (κ3) is 5.02. The number of nitrogens with one attached hydrogen (secondary N) is 1. The standard InChI is InChI=1S/C13H16Cl2N2O2.ClH/c14-11-2-1-10(9-12(11)15)19-8-3-13(18)17-6-4-16-5-7-17;/h1-2,9,16H,3-8H2;1H. The van der Waals surface area contributed by atoms with Gasteiger partial charge in [-0.3, -0.25) is 4.79 Å². The number of piperazine rings is 1. The lowest BCUT2D eigenvalue weighted by molar-refractivity contribution is -0.132. The minimum Gasteiger partial charge on any atom is -0.493 e. The smallest absolute Gasteiger partial charge is 0.226 e. The van der Waals surface area contributed by atoms with Crippen LogP contribution < -0.4 is 10.1 Å². The van der Waals surface area contributed by atoms with Crippen molar-refractivity contribution in [2.24, 2.45) is 0 Å². The van der Waals surface area contributed by atoms with E-state index in [0.717, 1.165) is 26.2 Å². The van der Waals surface area contributed by atoms with E-state index in [9.17, 15) is 4.79 Å². The summed E-state index contributed by atoms with van der Waals surface area (Å²) in [5.74, 6) is 0.754. The Morgan fingerprint density at radius 3 is 2.60 bits per heavy atom. The van der Waals surface area contributed by atoms with E-state index < -0.39 is 0 Å². The second-order valence-corrected chi connectivity index (χ2v) is 5.12. The first-order valence-electron chi connectivity index (χ1n) is 6.23. The van der Waals surface area contributed by atoms with Gasteiger partial charge in [0.2, 0.25) is 5.91 Å². The lowest BCUT2D eigenvalue weighted by Crippen LogP contribution is -2.46. The Bertz CT molecular complexity index is 451. The van der Waals surface area contributed by atoms with Gasteiger partial charge in [-0.05, 0) is 12.1 Å². The Kier molecular flexibility index (Phi) is 7.45. The van der Waals surface area contributed by atoms with Crippen LogP contribution >= 0.6 is 35.6 Å². The van der Waals surface area contributed by atoms with Gasteiger partial charge in [0, 0.05) is 32.2 Å². The molecule has 1 aromatic rings. The van der Waals surface area contributed by atoms with Gasteiger partial charge in [-0.15, -0.1) is 12.4 Å². The van der Waals surface area contributed by atoms with E-state index in [2.05, 4.69) is 5.32 Å². The number of hydrogen-bond acceptors (Lipinski definition) is 3. The quantitative estimate of drug-likeness (QED) is 0.917. The molecule has 0 spiro atoms. The highest BCUT2D eigenvalue weighted by atomic mass is 35.5. The van der Waals surface area contributed by atoms with Crippen molar-refractivity contribution in [1.82, 2.24) is 10.2 Å². The highest BCUT2D eigenvalue weighted by Crippen LogP contribution is 2.26. The van der Waals surface area contributed by atoms with Gasteiger partial charge in [-0.2, -0.15) is 0 Å². The molecule has 1 aliphatic heterocycles. The Hall–Kier alpha value is -0.680. The molecule has 20 heavy (non-hydrogen) atoms. The molecule has 1 aliphatic rings. The van der Waals surface area contributed by atoms with Gasteiger partial charge in [0.15, 0.2) is 0 Å². The molecule has 112 valence electrons. The van der Waals surface area contributed by atoms with Crippen LogP contribution in [-0.4, -0.2) is 43.6 Å². The van der Waals surface area contributed by atoms with Crippen LogP contribution in [0.25, 0.3) is 0 Å². The number of carbonyl (C=O) groups is 1. The molecule has 0 atom stereocenters. The number of benzene rings is 1. The Morgan fingerprint density at radius 1 is 1.25 bits per heavy atom. The van der Waals surface area contributed by atoms with E-state index in [0.29, 0.717) is 28.8 Å². The number of halogens is 3. The van der Waals surface area contributed by atoms with Crippen molar-refractivity contribution in [2.75, 3.05) is 32.8 Å². The summed E-state index contributed by atoms with van der Waals surface area (Å²) in [4.78, 5) is 13.7. The third-order valence-electron chi connectivity index (χ3n) is 2.95. The Morgan fingerprint density at radius 2 is 1.95 bits per heavy atom. The first kappa shape index (κ1) is 17.4. The van der Waals surface area contributed by atoms with Gasteiger partial charge in [0.05, 0.1) is 23.1 Å². The molecule has 0 aromatic heterocycles. The van der Waals surface area contributed by atoms with Crippen LogP contribution in [0, 0.1) is 0 Å². The van der Waals surface area contributed by atoms with E-state index in [1.807, 2.05) is 4.90 Å². The van der Waals surface area contributed by atoms with Crippen LogP contribution in [0.1, 0.15) is 6.42 Å². The predicted molar refractivity (Wildman–Crippen MR) is 83.3 cm³/mol. The molecule has 1 fully saturated rings. The van der Waals surface area contributed by atoms with Crippen molar-refractivity contribution in [3.05, 3.63) is 28.2 Å². The molecule has 0 bridgehead atoms. The van der Waals surface area contributed by atoms with Crippen LogP contribution in [0.3, 0.4) is 0 Å². The maximum atomic E-state index is 11.9. The van der Waals surface area contributed by atoms with Crippen LogP contribution in [0.2, 0.25) is 10.0 Å². The molecule has 1 saturated heterocycles. The molecule has 1 aromatic carbocycles. The van der Waals surface area contributed by atoms with Crippen molar-refractivity contribution in [1.29, 1.82) is 0 Å². The fourth-order valence-electron chi connectivity index (χ4n) is 1.90. The maximum Gasteiger partial charge on any atom is 0.226 e. The molecule has 4 nitrogen and oxygen atoms in total. The van der Waals surface area contributed by atoms with Crippen LogP contribution in [-0.2, 0) is 4.79 Å². The molecule has 2 rings (SSSR count). The van der Waals surface area contributed by atoms with E-state index in [4.69, 9.17) is 27.9 Å². The van der Waals surface area contributed by atoms with E-state index in [-0.39, 0.29) is 18.3 Å². The summed E-state index contributed by atoms with van der Waals surface area (Å²) in [6, 6.07) is 5.07. The van der Waals surface area contributed by atoms with Gasteiger partial charge in [0.1, 0.15) is 5.75 Å². The summed E-state index contributed by atoms with van der Waals surface area (Å²) in [5.41, 5.74) is 0. The van der Waals surface area contributed by atoms with Gasteiger partial charge < -0.3 is 15.0 Å². The first-order chi connectivity index (χ1) is 9.16.